The van der Waals surface area contributed by atoms with Crippen molar-refractivity contribution in [3.05, 3.63) is 56.7 Å². The summed E-state index contributed by atoms with van der Waals surface area (Å²) in [5.41, 5.74) is 0.393. The summed E-state index contributed by atoms with van der Waals surface area (Å²) in [4.78, 5) is 32.1. The van der Waals surface area contributed by atoms with Gasteiger partial charge < -0.3 is 19.3 Å². The minimum Gasteiger partial charge on any atom is -0.501 e. The number of halogens is 1. The Morgan fingerprint density at radius 1 is 1.09 bits per heavy atom. The van der Waals surface area contributed by atoms with Crippen LogP contribution in [0.5, 0.6) is 5.75 Å². The van der Waals surface area contributed by atoms with Crippen LogP contribution in [0.2, 0.25) is 5.02 Å². The van der Waals surface area contributed by atoms with Crippen molar-refractivity contribution in [1.29, 1.82) is 0 Å². The third-order valence-electron chi connectivity index (χ3n) is 7.41. The number of hydrogen-bond acceptors (Lipinski definition) is 5. The van der Waals surface area contributed by atoms with Crippen LogP contribution in [0.3, 0.4) is 0 Å². The lowest BCUT2D eigenvalue weighted by Crippen LogP contribution is -2.50. The molecule has 1 aliphatic carbocycles. The molecule has 1 saturated heterocycles. The Morgan fingerprint density at radius 2 is 1.78 bits per heavy atom. The number of carbonyl (C=O) groups excluding carboxylic acids is 1. The second-order valence-corrected chi connectivity index (χ2v) is 9.63. The summed E-state index contributed by atoms with van der Waals surface area (Å²) in [6.45, 7) is 2.31. The first-order valence-corrected chi connectivity index (χ1v) is 11.8. The molecule has 1 N–H and O–H groups in total. The summed E-state index contributed by atoms with van der Waals surface area (Å²) in [7, 11) is 0. The van der Waals surface area contributed by atoms with Crippen LogP contribution < -0.4 is 5.56 Å². The maximum Gasteiger partial charge on any atom is 0.315 e. The second-order valence-electron chi connectivity index (χ2n) is 9.20. The van der Waals surface area contributed by atoms with E-state index in [2.05, 4.69) is 17.1 Å². The van der Waals surface area contributed by atoms with Gasteiger partial charge in [-0.1, -0.05) is 36.6 Å². The van der Waals surface area contributed by atoms with Gasteiger partial charge in [-0.25, -0.2) is 0 Å². The van der Waals surface area contributed by atoms with Gasteiger partial charge in [0, 0.05) is 49.2 Å². The molecule has 1 aromatic carbocycles. The highest BCUT2D eigenvalue weighted by atomic mass is 35.5. The van der Waals surface area contributed by atoms with Crippen LogP contribution in [0.25, 0.3) is 0 Å². The Bertz CT molecular complexity index is 1070. The molecule has 8 heteroatoms. The fourth-order valence-corrected chi connectivity index (χ4v) is 5.82. The van der Waals surface area contributed by atoms with Crippen molar-refractivity contribution in [3.8, 4) is 5.75 Å². The molecule has 5 rings (SSSR count). The van der Waals surface area contributed by atoms with Gasteiger partial charge in [-0.3, -0.25) is 9.59 Å². The Balaban J connectivity index is 1.53. The first-order valence-electron chi connectivity index (χ1n) is 11.5. The van der Waals surface area contributed by atoms with Crippen molar-refractivity contribution >= 4 is 17.5 Å². The predicted molar refractivity (Wildman–Crippen MR) is 120 cm³/mol. The largest absolute Gasteiger partial charge is 0.501 e. The molecule has 0 radical (unpaired) electrons. The average molecular weight is 458 g/mol. The lowest BCUT2D eigenvalue weighted by molar-refractivity contribution is 0.0234. The average Bonchev–Trinajstić information content (AvgIpc) is 3.28. The molecular weight excluding hydrogens is 430 g/mol. The molecule has 1 aromatic heterocycles. The third-order valence-corrected chi connectivity index (χ3v) is 7.66. The highest BCUT2D eigenvalue weighted by Gasteiger charge is 2.40. The number of fused-ring (bicyclic) bond motifs is 1. The number of benzene rings is 1. The van der Waals surface area contributed by atoms with Crippen LogP contribution in [0.1, 0.15) is 60.4 Å². The number of amides is 1. The summed E-state index contributed by atoms with van der Waals surface area (Å²) in [5, 5.41) is 11.2. The van der Waals surface area contributed by atoms with Crippen molar-refractivity contribution in [2.75, 3.05) is 19.8 Å². The molecule has 170 valence electrons. The van der Waals surface area contributed by atoms with Crippen LogP contribution in [-0.2, 0) is 23.1 Å². The van der Waals surface area contributed by atoms with Gasteiger partial charge in [-0.05, 0) is 43.4 Å². The van der Waals surface area contributed by atoms with Crippen molar-refractivity contribution in [2.24, 2.45) is 0 Å². The number of aromatic nitrogens is 2. The van der Waals surface area contributed by atoms with E-state index in [9.17, 15) is 14.7 Å². The van der Waals surface area contributed by atoms with Crippen LogP contribution in [-0.4, -0.2) is 51.3 Å². The van der Waals surface area contributed by atoms with Gasteiger partial charge in [0.25, 0.3) is 5.91 Å². The molecule has 0 unspecified atom stereocenters. The summed E-state index contributed by atoms with van der Waals surface area (Å²) < 4.78 is 7.21. The zero-order valence-electron chi connectivity index (χ0n) is 18.1. The van der Waals surface area contributed by atoms with E-state index in [1.54, 1.807) is 9.47 Å². The highest BCUT2D eigenvalue weighted by molar-refractivity contribution is 6.30. The monoisotopic (exact) mass is 457 g/mol. The fraction of sp³-hybridized carbons (Fsp3) is 0.542. The van der Waals surface area contributed by atoms with Crippen LogP contribution in [0, 0.1) is 0 Å². The van der Waals surface area contributed by atoms with Gasteiger partial charge in [0.15, 0.2) is 5.69 Å². The molecule has 32 heavy (non-hydrogen) atoms. The number of rotatable bonds is 4. The van der Waals surface area contributed by atoms with Gasteiger partial charge in [0.05, 0.1) is 0 Å². The molecule has 0 spiro atoms. The smallest absolute Gasteiger partial charge is 0.315 e. The molecule has 0 atom stereocenters. The highest BCUT2D eigenvalue weighted by Crippen LogP contribution is 2.44. The maximum absolute atomic E-state index is 13.4. The van der Waals surface area contributed by atoms with E-state index in [-0.39, 0.29) is 23.1 Å². The number of ether oxygens (including phenoxy) is 1. The van der Waals surface area contributed by atoms with Gasteiger partial charge in [-0.15, -0.1) is 0 Å². The summed E-state index contributed by atoms with van der Waals surface area (Å²) in [6.07, 6.45) is 6.29. The molecule has 1 saturated carbocycles. The molecule has 7 nitrogen and oxygen atoms in total. The van der Waals surface area contributed by atoms with Crippen LogP contribution >= 0.6 is 11.6 Å². The Labute approximate surface area is 192 Å². The first kappa shape index (κ1) is 21.5. The predicted octanol–water partition coefficient (Wildman–Crippen LogP) is 3.29. The van der Waals surface area contributed by atoms with Crippen molar-refractivity contribution in [1.82, 2.24) is 14.5 Å². The van der Waals surface area contributed by atoms with Crippen LogP contribution in [0.15, 0.2) is 29.1 Å². The molecule has 3 heterocycles. The normalized spacial score (nSPS) is 21.0. The first-order chi connectivity index (χ1) is 15.5. The maximum atomic E-state index is 13.4. The van der Waals surface area contributed by atoms with E-state index in [4.69, 9.17) is 16.3 Å². The summed E-state index contributed by atoms with van der Waals surface area (Å²) in [5.74, 6) is -0.240. The van der Waals surface area contributed by atoms with Gasteiger partial charge in [0.2, 0.25) is 5.75 Å². The lowest BCUT2D eigenvalue weighted by Gasteiger charge is -2.39. The number of nitrogens with zero attached hydrogens (tertiary/aromatic N) is 3. The summed E-state index contributed by atoms with van der Waals surface area (Å²) in [6, 6.07) is 7.99. The van der Waals surface area contributed by atoms with E-state index in [0.717, 1.165) is 38.5 Å². The molecular formula is C24H28ClN3O4. The third kappa shape index (κ3) is 3.71. The Kier molecular flexibility index (Phi) is 5.72. The molecule has 3 aliphatic rings. The van der Waals surface area contributed by atoms with E-state index < -0.39 is 11.3 Å². The molecule has 0 bridgehead atoms. The summed E-state index contributed by atoms with van der Waals surface area (Å²) >= 11 is 6.12. The minimum atomic E-state index is -0.724. The van der Waals surface area contributed by atoms with Crippen molar-refractivity contribution in [3.63, 3.8) is 0 Å². The fourth-order valence-electron chi connectivity index (χ4n) is 5.70. The molecule has 2 fully saturated rings. The Hall–Kier alpha value is -2.38. The van der Waals surface area contributed by atoms with E-state index in [0.29, 0.717) is 43.6 Å². The number of carbonyl (C=O) groups is 1. The number of hydrogen-bond donors (Lipinski definition) is 1. The topological polar surface area (TPSA) is 84.7 Å². The number of aromatic hydroxyl groups is 1. The van der Waals surface area contributed by atoms with Crippen molar-refractivity contribution in [2.45, 2.75) is 62.9 Å². The van der Waals surface area contributed by atoms with Gasteiger partial charge in [0.1, 0.15) is 5.82 Å². The zero-order valence-corrected chi connectivity index (χ0v) is 18.8. The zero-order chi connectivity index (χ0) is 22.3. The minimum absolute atomic E-state index is 0.0753. The van der Waals surface area contributed by atoms with Crippen LogP contribution in [0.4, 0.5) is 0 Å². The van der Waals surface area contributed by atoms with E-state index in [1.807, 2.05) is 12.1 Å². The molecule has 2 aromatic rings. The lowest BCUT2D eigenvalue weighted by atomic mass is 9.76. The Morgan fingerprint density at radius 3 is 2.47 bits per heavy atom. The molecule has 1 amide bonds. The SMILES string of the molecule is O=C1c2c(O)c(=O)nc(CC3(c4ccc(Cl)cc4)CCCC3)n2CCN1C1CCOCC1. The van der Waals surface area contributed by atoms with Crippen molar-refractivity contribution < 1.29 is 14.6 Å². The second kappa shape index (κ2) is 8.52. The van der Waals surface area contributed by atoms with Gasteiger partial charge >= 0.3 is 5.56 Å². The van der Waals surface area contributed by atoms with Gasteiger partial charge in [-0.2, -0.15) is 4.98 Å². The molecule has 2 aliphatic heterocycles. The standard InChI is InChI=1S/C24H28ClN3O4/c25-17-5-3-16(4-6-17)24(9-1-2-10-24)15-19-26-22(30)21(29)20-23(31)27(11-12-28(19)20)18-7-13-32-14-8-18/h3-6,18,29H,1-2,7-15H2. The van der Waals surface area contributed by atoms with E-state index in [1.165, 1.54) is 5.56 Å². The van der Waals surface area contributed by atoms with E-state index >= 15 is 0 Å². The quantitative estimate of drug-likeness (QED) is 0.761.